The summed E-state index contributed by atoms with van der Waals surface area (Å²) < 4.78 is 0. The average molecular weight is 279 g/mol. The standard InChI is InChI=1S/C15H25N3S/c1-10(2)16-9-13-11(3)17-15(18-12(13)4)14-7-5-6-8-19-14/h10,14,16H,5-9H2,1-4H3. The molecule has 1 aromatic rings. The van der Waals surface area contributed by atoms with E-state index in [-0.39, 0.29) is 0 Å². The summed E-state index contributed by atoms with van der Waals surface area (Å²) in [7, 11) is 0. The Balaban J connectivity index is 2.15. The summed E-state index contributed by atoms with van der Waals surface area (Å²) in [6, 6.07) is 0.493. The third-order valence-electron chi connectivity index (χ3n) is 3.59. The first kappa shape index (κ1) is 14.8. The molecule has 0 aliphatic carbocycles. The molecule has 0 aromatic carbocycles. The molecule has 1 aliphatic heterocycles. The molecule has 4 heteroatoms. The van der Waals surface area contributed by atoms with E-state index in [9.17, 15) is 0 Å². The van der Waals surface area contributed by atoms with Crippen molar-refractivity contribution in [2.24, 2.45) is 0 Å². The molecule has 1 atom stereocenters. The number of nitrogens with one attached hydrogen (secondary N) is 1. The number of aromatic nitrogens is 2. The van der Waals surface area contributed by atoms with Crippen LogP contribution in [0.5, 0.6) is 0 Å². The van der Waals surface area contributed by atoms with Crippen molar-refractivity contribution in [1.82, 2.24) is 15.3 Å². The Bertz CT molecular complexity index is 402. The molecule has 0 bridgehead atoms. The van der Waals surface area contributed by atoms with Crippen molar-refractivity contribution in [3.05, 3.63) is 22.8 Å². The van der Waals surface area contributed by atoms with Crippen LogP contribution in [0.3, 0.4) is 0 Å². The highest BCUT2D eigenvalue weighted by molar-refractivity contribution is 7.99. The highest BCUT2D eigenvalue weighted by atomic mass is 32.2. The van der Waals surface area contributed by atoms with Crippen LogP contribution >= 0.6 is 11.8 Å². The zero-order valence-corrected chi connectivity index (χ0v) is 13.3. The molecule has 0 radical (unpaired) electrons. The maximum Gasteiger partial charge on any atom is 0.141 e. The van der Waals surface area contributed by atoms with Gasteiger partial charge in [-0.15, -0.1) is 0 Å². The Morgan fingerprint density at radius 2 is 1.89 bits per heavy atom. The molecule has 1 aliphatic rings. The van der Waals surface area contributed by atoms with Crippen molar-refractivity contribution >= 4 is 11.8 Å². The zero-order valence-electron chi connectivity index (χ0n) is 12.5. The molecule has 1 unspecified atom stereocenters. The second-order valence-corrected chi connectivity index (χ2v) is 6.93. The second kappa shape index (κ2) is 6.71. The quantitative estimate of drug-likeness (QED) is 0.914. The normalized spacial score (nSPS) is 19.9. The van der Waals surface area contributed by atoms with Crippen LogP contribution in [0.4, 0.5) is 0 Å². The van der Waals surface area contributed by atoms with Crippen molar-refractivity contribution in [1.29, 1.82) is 0 Å². The number of thioether (sulfide) groups is 1. The molecule has 1 saturated heterocycles. The minimum Gasteiger partial charge on any atom is -0.310 e. The maximum absolute atomic E-state index is 4.76. The van der Waals surface area contributed by atoms with Crippen LogP contribution < -0.4 is 5.32 Å². The van der Waals surface area contributed by atoms with Gasteiger partial charge in [-0.1, -0.05) is 20.3 Å². The van der Waals surface area contributed by atoms with Crippen molar-refractivity contribution in [3.8, 4) is 0 Å². The van der Waals surface area contributed by atoms with Crippen molar-refractivity contribution in [2.75, 3.05) is 5.75 Å². The van der Waals surface area contributed by atoms with Crippen LogP contribution in [0.15, 0.2) is 0 Å². The van der Waals surface area contributed by atoms with Gasteiger partial charge in [0.2, 0.25) is 0 Å². The lowest BCUT2D eigenvalue weighted by Gasteiger charge is -2.21. The summed E-state index contributed by atoms with van der Waals surface area (Å²) in [5.41, 5.74) is 3.54. The van der Waals surface area contributed by atoms with Gasteiger partial charge < -0.3 is 5.32 Å². The number of aryl methyl sites for hydroxylation is 2. The Morgan fingerprint density at radius 1 is 1.21 bits per heavy atom. The van der Waals surface area contributed by atoms with Gasteiger partial charge in [0.05, 0.1) is 5.25 Å². The van der Waals surface area contributed by atoms with Gasteiger partial charge in [-0.05, 0) is 32.4 Å². The minimum atomic E-state index is 0.493. The third-order valence-corrected chi connectivity index (χ3v) is 4.97. The van der Waals surface area contributed by atoms with Crippen molar-refractivity contribution in [2.45, 2.75) is 64.8 Å². The minimum absolute atomic E-state index is 0.493. The first-order chi connectivity index (χ1) is 9.08. The van der Waals surface area contributed by atoms with E-state index in [2.05, 4.69) is 33.0 Å². The predicted octanol–water partition coefficient (Wildman–Crippen LogP) is 3.55. The highest BCUT2D eigenvalue weighted by Gasteiger charge is 2.20. The van der Waals surface area contributed by atoms with E-state index in [0.29, 0.717) is 11.3 Å². The second-order valence-electron chi connectivity index (χ2n) is 5.62. The lowest BCUT2D eigenvalue weighted by Crippen LogP contribution is -2.24. The van der Waals surface area contributed by atoms with Crippen LogP contribution in [-0.4, -0.2) is 21.8 Å². The van der Waals surface area contributed by atoms with Crippen LogP contribution in [0.25, 0.3) is 0 Å². The Hall–Kier alpha value is -0.610. The van der Waals surface area contributed by atoms with E-state index < -0.39 is 0 Å². The molecule has 3 nitrogen and oxygen atoms in total. The fraction of sp³-hybridized carbons (Fsp3) is 0.733. The fourth-order valence-corrected chi connectivity index (χ4v) is 3.66. The van der Waals surface area contributed by atoms with Gasteiger partial charge in [-0.25, -0.2) is 9.97 Å². The molecule has 0 saturated carbocycles. The SMILES string of the molecule is Cc1nc(C2CCCCS2)nc(C)c1CNC(C)C. The Kier molecular flexibility index (Phi) is 5.22. The average Bonchev–Trinajstić information content (AvgIpc) is 2.38. The summed E-state index contributed by atoms with van der Waals surface area (Å²) in [6.45, 7) is 9.43. The van der Waals surface area contributed by atoms with Gasteiger partial charge in [0, 0.05) is 29.5 Å². The molecular formula is C15H25N3S. The van der Waals surface area contributed by atoms with E-state index in [1.165, 1.54) is 30.6 Å². The van der Waals surface area contributed by atoms with Gasteiger partial charge in [0.25, 0.3) is 0 Å². The number of nitrogens with zero attached hydrogens (tertiary/aromatic N) is 2. The predicted molar refractivity (Wildman–Crippen MR) is 82.5 cm³/mol. The fourth-order valence-electron chi connectivity index (χ4n) is 2.42. The topological polar surface area (TPSA) is 37.8 Å². The van der Waals surface area contributed by atoms with Gasteiger partial charge in [-0.2, -0.15) is 11.8 Å². The van der Waals surface area contributed by atoms with Crippen LogP contribution in [0, 0.1) is 13.8 Å². The molecule has 2 heterocycles. The van der Waals surface area contributed by atoms with E-state index in [0.717, 1.165) is 23.8 Å². The summed E-state index contributed by atoms with van der Waals surface area (Å²) in [5, 5.41) is 3.97. The number of rotatable bonds is 4. The van der Waals surface area contributed by atoms with Gasteiger partial charge >= 0.3 is 0 Å². The van der Waals surface area contributed by atoms with E-state index in [1.807, 2.05) is 11.8 Å². The third kappa shape index (κ3) is 3.93. The first-order valence-corrected chi connectivity index (χ1v) is 8.31. The highest BCUT2D eigenvalue weighted by Crippen LogP contribution is 2.36. The molecule has 2 rings (SSSR count). The van der Waals surface area contributed by atoms with Gasteiger partial charge in [0.15, 0.2) is 0 Å². The van der Waals surface area contributed by atoms with E-state index in [1.54, 1.807) is 0 Å². The Morgan fingerprint density at radius 3 is 2.42 bits per heavy atom. The molecular weight excluding hydrogens is 254 g/mol. The molecule has 19 heavy (non-hydrogen) atoms. The van der Waals surface area contributed by atoms with Crippen molar-refractivity contribution < 1.29 is 0 Å². The van der Waals surface area contributed by atoms with Gasteiger partial charge in [-0.3, -0.25) is 0 Å². The summed E-state index contributed by atoms with van der Waals surface area (Å²) >= 11 is 2.02. The number of hydrogen-bond acceptors (Lipinski definition) is 4. The summed E-state index contributed by atoms with van der Waals surface area (Å²) in [6.07, 6.45) is 3.89. The molecule has 0 amide bonds. The van der Waals surface area contributed by atoms with Gasteiger partial charge in [0.1, 0.15) is 5.82 Å². The van der Waals surface area contributed by atoms with E-state index >= 15 is 0 Å². The monoisotopic (exact) mass is 279 g/mol. The maximum atomic E-state index is 4.76. The zero-order chi connectivity index (χ0) is 13.8. The Labute approximate surface area is 121 Å². The lowest BCUT2D eigenvalue weighted by molar-refractivity contribution is 0.580. The lowest BCUT2D eigenvalue weighted by atomic mass is 10.1. The first-order valence-electron chi connectivity index (χ1n) is 7.27. The summed E-state index contributed by atoms with van der Waals surface area (Å²) in [5.74, 6) is 2.30. The molecule has 106 valence electrons. The largest absolute Gasteiger partial charge is 0.310 e. The molecule has 1 fully saturated rings. The van der Waals surface area contributed by atoms with Crippen LogP contribution in [-0.2, 0) is 6.54 Å². The van der Waals surface area contributed by atoms with Crippen LogP contribution in [0.1, 0.15) is 61.1 Å². The molecule has 1 N–H and O–H groups in total. The van der Waals surface area contributed by atoms with Crippen LogP contribution in [0.2, 0.25) is 0 Å². The number of hydrogen-bond donors (Lipinski definition) is 1. The summed E-state index contributed by atoms with van der Waals surface area (Å²) in [4.78, 5) is 9.53. The molecule has 0 spiro atoms. The van der Waals surface area contributed by atoms with E-state index in [4.69, 9.17) is 9.97 Å². The smallest absolute Gasteiger partial charge is 0.141 e. The van der Waals surface area contributed by atoms with Crippen molar-refractivity contribution in [3.63, 3.8) is 0 Å². The molecule has 1 aromatic heterocycles.